The highest BCUT2D eigenvalue weighted by Crippen LogP contribution is 2.38. The predicted octanol–water partition coefficient (Wildman–Crippen LogP) is 6.33. The van der Waals surface area contributed by atoms with Gasteiger partial charge in [0.1, 0.15) is 28.6 Å². The molecule has 3 heterocycles. The Morgan fingerprint density at radius 2 is 1.72 bits per heavy atom. The van der Waals surface area contributed by atoms with Crippen LogP contribution in [-0.4, -0.2) is 34.0 Å². The Kier molecular flexibility index (Phi) is 8.31. The predicted molar refractivity (Wildman–Crippen MR) is 132 cm³/mol. The third-order valence-corrected chi connectivity index (χ3v) is 7.74. The van der Waals surface area contributed by atoms with Crippen LogP contribution in [0.2, 0.25) is 0 Å². The minimum Gasteiger partial charge on any atom is -0.367 e. The molecule has 0 spiro atoms. The van der Waals surface area contributed by atoms with E-state index in [9.17, 15) is 8.78 Å². The van der Waals surface area contributed by atoms with E-state index in [0.717, 1.165) is 55.5 Å². The standard InChI is InChI=1S/C23H26F2N4S.2ClH/c1-14(15-10-16(24)12-17(25)11-15)29-8-6-18(7-9-29)28-22-21-19-4-2-3-5-20(19)30-23(21)27-13-26-22;;/h10-14,18H,2-9H2,1H3,(H,26,27,28);2*1H. The number of hydrogen-bond acceptors (Lipinski definition) is 5. The number of likely N-dealkylation sites (tertiary alicyclic amines) is 1. The number of halogens is 4. The van der Waals surface area contributed by atoms with Crippen molar-refractivity contribution in [3.8, 4) is 0 Å². The van der Waals surface area contributed by atoms with Crippen molar-refractivity contribution in [2.45, 2.75) is 57.5 Å². The maximum atomic E-state index is 13.6. The van der Waals surface area contributed by atoms with Gasteiger partial charge in [0.2, 0.25) is 0 Å². The summed E-state index contributed by atoms with van der Waals surface area (Å²) in [5, 5.41) is 4.91. The van der Waals surface area contributed by atoms with Crippen molar-refractivity contribution in [3.63, 3.8) is 0 Å². The Bertz CT molecular complexity index is 1050. The number of piperidine rings is 1. The first kappa shape index (κ1) is 25.1. The smallest absolute Gasteiger partial charge is 0.138 e. The van der Waals surface area contributed by atoms with Gasteiger partial charge in [0.15, 0.2) is 0 Å². The molecule has 0 radical (unpaired) electrons. The van der Waals surface area contributed by atoms with Crippen LogP contribution in [-0.2, 0) is 12.8 Å². The second kappa shape index (κ2) is 10.6. The highest BCUT2D eigenvalue weighted by molar-refractivity contribution is 7.19. The van der Waals surface area contributed by atoms with Gasteiger partial charge < -0.3 is 5.32 Å². The number of nitrogens with one attached hydrogen (secondary N) is 1. The second-order valence-electron chi connectivity index (χ2n) is 8.45. The van der Waals surface area contributed by atoms with E-state index in [4.69, 9.17) is 0 Å². The first-order chi connectivity index (χ1) is 14.6. The summed E-state index contributed by atoms with van der Waals surface area (Å²) in [6.07, 6.45) is 8.40. The van der Waals surface area contributed by atoms with Gasteiger partial charge in [0.25, 0.3) is 0 Å². The molecule has 1 aliphatic carbocycles. The van der Waals surface area contributed by atoms with Crippen LogP contribution in [0.5, 0.6) is 0 Å². The lowest BCUT2D eigenvalue weighted by atomic mass is 9.96. The summed E-state index contributed by atoms with van der Waals surface area (Å²) in [6.45, 7) is 3.79. The number of nitrogens with zero attached hydrogens (tertiary/aromatic N) is 3. The molecule has 9 heteroatoms. The van der Waals surface area contributed by atoms with Gasteiger partial charge in [-0.25, -0.2) is 18.7 Å². The van der Waals surface area contributed by atoms with Crippen molar-refractivity contribution in [1.29, 1.82) is 0 Å². The van der Waals surface area contributed by atoms with Crippen LogP contribution >= 0.6 is 36.2 Å². The molecule has 3 aromatic rings. The number of fused-ring (bicyclic) bond motifs is 3. The summed E-state index contributed by atoms with van der Waals surface area (Å²) in [4.78, 5) is 14.0. The molecule has 2 aromatic heterocycles. The molecule has 2 aliphatic rings. The SMILES string of the molecule is CC(c1cc(F)cc(F)c1)N1CCC(Nc2ncnc3sc4c(c23)CCCC4)CC1.Cl.Cl. The zero-order chi connectivity index (χ0) is 20.7. The van der Waals surface area contributed by atoms with Crippen molar-refractivity contribution >= 4 is 52.2 Å². The average Bonchev–Trinajstić information content (AvgIpc) is 3.13. The molecule has 1 N–H and O–H groups in total. The van der Waals surface area contributed by atoms with E-state index in [-0.39, 0.29) is 30.9 Å². The number of rotatable bonds is 4. The fourth-order valence-corrected chi connectivity index (χ4v) is 6.08. The molecular formula is C23H28Cl2F2N4S. The quantitative estimate of drug-likeness (QED) is 0.454. The van der Waals surface area contributed by atoms with Gasteiger partial charge in [-0.05, 0) is 68.7 Å². The van der Waals surface area contributed by atoms with Crippen LogP contribution < -0.4 is 5.32 Å². The Morgan fingerprint density at radius 3 is 2.44 bits per heavy atom. The van der Waals surface area contributed by atoms with Crippen LogP contribution in [0, 0.1) is 11.6 Å². The second-order valence-corrected chi connectivity index (χ2v) is 9.53. The molecular weight excluding hydrogens is 473 g/mol. The molecule has 4 nitrogen and oxygen atoms in total. The van der Waals surface area contributed by atoms with Crippen LogP contribution in [0.15, 0.2) is 24.5 Å². The Labute approximate surface area is 203 Å². The van der Waals surface area contributed by atoms with Gasteiger partial charge >= 0.3 is 0 Å². The van der Waals surface area contributed by atoms with Crippen molar-refractivity contribution < 1.29 is 8.78 Å². The lowest BCUT2D eigenvalue weighted by molar-refractivity contribution is 0.167. The van der Waals surface area contributed by atoms with Crippen molar-refractivity contribution in [3.05, 3.63) is 52.2 Å². The number of anilines is 1. The van der Waals surface area contributed by atoms with E-state index in [2.05, 4.69) is 20.2 Å². The molecule has 0 bridgehead atoms. The summed E-state index contributed by atoms with van der Waals surface area (Å²) in [6, 6.07) is 4.14. The van der Waals surface area contributed by atoms with Gasteiger partial charge in [0.05, 0.1) is 5.39 Å². The monoisotopic (exact) mass is 500 g/mol. The first-order valence-corrected chi connectivity index (χ1v) is 11.6. The molecule has 174 valence electrons. The zero-order valence-corrected chi connectivity index (χ0v) is 20.4. The van der Waals surface area contributed by atoms with E-state index < -0.39 is 11.6 Å². The highest BCUT2D eigenvalue weighted by atomic mass is 35.5. The molecule has 0 amide bonds. The summed E-state index contributed by atoms with van der Waals surface area (Å²) in [7, 11) is 0. The molecule has 0 saturated carbocycles. The lowest BCUT2D eigenvalue weighted by Crippen LogP contribution is -2.40. The van der Waals surface area contributed by atoms with Gasteiger partial charge in [0, 0.05) is 36.1 Å². The van der Waals surface area contributed by atoms with Crippen LogP contribution in [0.4, 0.5) is 14.6 Å². The summed E-state index contributed by atoms with van der Waals surface area (Å²) in [5.41, 5.74) is 2.14. The van der Waals surface area contributed by atoms with Crippen LogP contribution in [0.3, 0.4) is 0 Å². The van der Waals surface area contributed by atoms with E-state index >= 15 is 0 Å². The number of benzene rings is 1. The molecule has 5 rings (SSSR count). The fourth-order valence-electron chi connectivity index (χ4n) is 4.85. The number of aromatic nitrogens is 2. The molecule has 1 saturated heterocycles. The van der Waals surface area contributed by atoms with Crippen LogP contribution in [0.25, 0.3) is 10.2 Å². The molecule has 1 atom stereocenters. The van der Waals surface area contributed by atoms with E-state index in [1.165, 1.54) is 40.8 Å². The minimum absolute atomic E-state index is 0. The molecule has 1 fully saturated rings. The Balaban J connectivity index is 0.00000144. The normalized spacial score (nSPS) is 17.8. The fraction of sp³-hybridized carbons (Fsp3) is 0.478. The summed E-state index contributed by atoms with van der Waals surface area (Å²) in [5.74, 6) is -0.0568. The van der Waals surface area contributed by atoms with Crippen molar-refractivity contribution in [1.82, 2.24) is 14.9 Å². The van der Waals surface area contributed by atoms with Gasteiger partial charge in [-0.1, -0.05) is 0 Å². The highest BCUT2D eigenvalue weighted by Gasteiger charge is 2.26. The van der Waals surface area contributed by atoms with Gasteiger partial charge in [-0.2, -0.15) is 0 Å². The van der Waals surface area contributed by atoms with E-state index in [1.54, 1.807) is 6.33 Å². The molecule has 1 unspecified atom stereocenters. The van der Waals surface area contributed by atoms with E-state index in [1.807, 2.05) is 18.3 Å². The maximum Gasteiger partial charge on any atom is 0.138 e. The first-order valence-electron chi connectivity index (χ1n) is 10.8. The zero-order valence-electron chi connectivity index (χ0n) is 17.9. The van der Waals surface area contributed by atoms with Gasteiger partial charge in [-0.3, -0.25) is 4.90 Å². The van der Waals surface area contributed by atoms with E-state index in [0.29, 0.717) is 11.6 Å². The number of hydrogen-bond donors (Lipinski definition) is 1. The summed E-state index contributed by atoms with van der Waals surface area (Å²) < 4.78 is 27.2. The number of thiophene rings is 1. The third-order valence-electron chi connectivity index (χ3n) is 6.54. The molecule has 1 aliphatic heterocycles. The topological polar surface area (TPSA) is 41.0 Å². The molecule has 32 heavy (non-hydrogen) atoms. The number of aryl methyl sites for hydroxylation is 2. The van der Waals surface area contributed by atoms with Crippen molar-refractivity contribution in [2.75, 3.05) is 18.4 Å². The average molecular weight is 501 g/mol. The minimum atomic E-state index is -0.514. The van der Waals surface area contributed by atoms with Crippen LogP contribution in [0.1, 0.15) is 54.7 Å². The Morgan fingerprint density at radius 1 is 1.03 bits per heavy atom. The summed E-state index contributed by atoms with van der Waals surface area (Å²) >= 11 is 1.82. The van der Waals surface area contributed by atoms with Gasteiger partial charge in [-0.15, -0.1) is 36.2 Å². The Hall–Kier alpha value is -1.54. The lowest BCUT2D eigenvalue weighted by Gasteiger charge is -2.36. The maximum absolute atomic E-state index is 13.6. The van der Waals surface area contributed by atoms with Crippen molar-refractivity contribution in [2.24, 2.45) is 0 Å². The molecule has 1 aromatic carbocycles. The largest absolute Gasteiger partial charge is 0.367 e. The third kappa shape index (κ3) is 5.01.